The zero-order valence-electron chi connectivity index (χ0n) is 11.4. The van der Waals surface area contributed by atoms with Crippen LogP contribution in [0.2, 0.25) is 0 Å². The number of anilines is 1. The molecule has 1 aromatic heterocycles. The Morgan fingerprint density at radius 1 is 1.33 bits per heavy atom. The Bertz CT molecular complexity index is 498. The summed E-state index contributed by atoms with van der Waals surface area (Å²) in [5.41, 5.74) is 0.884. The fraction of sp³-hybridized carbons (Fsp3) is 0.667. The van der Waals surface area contributed by atoms with E-state index < -0.39 is 9.84 Å². The summed E-state index contributed by atoms with van der Waals surface area (Å²) >= 11 is 0. The van der Waals surface area contributed by atoms with Crippen LogP contribution in [0.15, 0.2) is 6.07 Å². The lowest BCUT2D eigenvalue weighted by molar-refractivity contribution is 0.597. The smallest absolute Gasteiger partial charge is 0.151 e. The van der Waals surface area contributed by atoms with Crippen LogP contribution in [-0.2, 0) is 9.84 Å². The number of aromatic nitrogens is 2. The van der Waals surface area contributed by atoms with Crippen LogP contribution in [0.4, 0.5) is 5.82 Å². The van der Waals surface area contributed by atoms with E-state index >= 15 is 0 Å². The van der Waals surface area contributed by atoms with Crippen molar-refractivity contribution in [3.05, 3.63) is 17.6 Å². The average molecular weight is 271 g/mol. The molecule has 0 saturated carbocycles. The lowest BCUT2D eigenvalue weighted by Crippen LogP contribution is -2.18. The topological polar surface area (TPSA) is 72.0 Å². The maximum absolute atomic E-state index is 11.4. The summed E-state index contributed by atoms with van der Waals surface area (Å²) in [6.45, 7) is 7.99. The minimum absolute atomic E-state index is 0.129. The number of hydrogen-bond acceptors (Lipinski definition) is 5. The highest BCUT2D eigenvalue weighted by Crippen LogP contribution is 2.13. The van der Waals surface area contributed by atoms with Crippen molar-refractivity contribution in [2.45, 2.75) is 33.6 Å². The lowest BCUT2D eigenvalue weighted by Gasteiger charge is -2.10. The van der Waals surface area contributed by atoms with Gasteiger partial charge in [0.05, 0.1) is 5.75 Å². The van der Waals surface area contributed by atoms with Crippen LogP contribution in [0, 0.1) is 6.92 Å². The van der Waals surface area contributed by atoms with Gasteiger partial charge in [-0.2, -0.15) is 0 Å². The van der Waals surface area contributed by atoms with Crippen LogP contribution >= 0.6 is 0 Å². The van der Waals surface area contributed by atoms with Gasteiger partial charge < -0.3 is 5.32 Å². The zero-order chi connectivity index (χ0) is 13.8. The van der Waals surface area contributed by atoms with Gasteiger partial charge in [-0.25, -0.2) is 18.4 Å². The zero-order valence-corrected chi connectivity index (χ0v) is 12.2. The third-order valence-electron chi connectivity index (χ3n) is 2.55. The summed E-state index contributed by atoms with van der Waals surface area (Å²) in [7, 11) is -2.93. The fourth-order valence-corrected chi connectivity index (χ4v) is 2.12. The van der Waals surface area contributed by atoms with E-state index in [9.17, 15) is 8.42 Å². The number of sulfone groups is 1. The molecule has 0 spiro atoms. The van der Waals surface area contributed by atoms with Crippen molar-refractivity contribution < 1.29 is 8.42 Å². The number of aryl methyl sites for hydroxylation is 1. The summed E-state index contributed by atoms with van der Waals surface area (Å²) in [4.78, 5) is 8.70. The Morgan fingerprint density at radius 3 is 2.56 bits per heavy atom. The molecule has 5 nitrogen and oxygen atoms in total. The average Bonchev–Trinajstić information content (AvgIpc) is 2.28. The van der Waals surface area contributed by atoms with Crippen LogP contribution in [0.25, 0.3) is 0 Å². The molecule has 1 heterocycles. The number of nitrogens with one attached hydrogen (secondary N) is 1. The van der Waals surface area contributed by atoms with E-state index in [1.165, 1.54) is 0 Å². The lowest BCUT2D eigenvalue weighted by atomic mass is 10.2. The van der Waals surface area contributed by atoms with Crippen molar-refractivity contribution in [3.8, 4) is 0 Å². The summed E-state index contributed by atoms with van der Waals surface area (Å²) in [5.74, 6) is 2.02. The Kier molecular flexibility index (Phi) is 5.07. The first-order chi connectivity index (χ1) is 8.34. The van der Waals surface area contributed by atoms with Gasteiger partial charge in [0.2, 0.25) is 0 Å². The van der Waals surface area contributed by atoms with E-state index in [0.29, 0.717) is 12.4 Å². The number of nitrogens with zero attached hydrogens (tertiary/aromatic N) is 2. The monoisotopic (exact) mass is 271 g/mol. The van der Waals surface area contributed by atoms with E-state index in [-0.39, 0.29) is 17.4 Å². The fourth-order valence-electron chi connectivity index (χ4n) is 1.42. The molecule has 102 valence electrons. The molecule has 0 aliphatic heterocycles. The second-order valence-corrected chi connectivity index (χ2v) is 7.04. The van der Waals surface area contributed by atoms with Gasteiger partial charge in [0.15, 0.2) is 9.84 Å². The highest BCUT2D eigenvalue weighted by atomic mass is 32.2. The molecular formula is C12H21N3O2S. The molecule has 0 fully saturated rings. The van der Waals surface area contributed by atoms with Gasteiger partial charge >= 0.3 is 0 Å². The molecule has 0 unspecified atom stereocenters. The van der Waals surface area contributed by atoms with Gasteiger partial charge in [0, 0.05) is 30.0 Å². The molecule has 1 N–H and O–H groups in total. The molecule has 1 rings (SSSR count). The van der Waals surface area contributed by atoms with E-state index in [2.05, 4.69) is 15.3 Å². The predicted octanol–water partition coefficient (Wildman–Crippen LogP) is 1.76. The second kappa shape index (κ2) is 6.13. The van der Waals surface area contributed by atoms with Crippen molar-refractivity contribution in [2.75, 3.05) is 23.4 Å². The third-order valence-corrected chi connectivity index (χ3v) is 4.25. The summed E-state index contributed by atoms with van der Waals surface area (Å²) in [6.07, 6.45) is 0. The molecule has 0 saturated heterocycles. The van der Waals surface area contributed by atoms with Crippen LogP contribution in [0.1, 0.15) is 38.2 Å². The van der Waals surface area contributed by atoms with E-state index in [1.807, 2.05) is 26.8 Å². The van der Waals surface area contributed by atoms with Crippen LogP contribution in [0.3, 0.4) is 0 Å². The summed E-state index contributed by atoms with van der Waals surface area (Å²) in [6, 6.07) is 1.82. The predicted molar refractivity (Wildman–Crippen MR) is 73.7 cm³/mol. The molecule has 0 aromatic carbocycles. The molecule has 6 heteroatoms. The van der Waals surface area contributed by atoms with E-state index in [0.717, 1.165) is 11.5 Å². The molecule has 0 atom stereocenters. The molecule has 0 aliphatic rings. The van der Waals surface area contributed by atoms with Crippen molar-refractivity contribution >= 4 is 15.7 Å². The number of hydrogen-bond donors (Lipinski definition) is 1. The first kappa shape index (κ1) is 14.9. The van der Waals surface area contributed by atoms with Crippen LogP contribution < -0.4 is 5.32 Å². The summed E-state index contributed by atoms with van der Waals surface area (Å²) < 4.78 is 22.7. The Hall–Kier alpha value is -1.17. The van der Waals surface area contributed by atoms with Crippen molar-refractivity contribution in [1.29, 1.82) is 0 Å². The molecule has 0 amide bonds. The van der Waals surface area contributed by atoms with Gasteiger partial charge in [0.1, 0.15) is 11.6 Å². The van der Waals surface area contributed by atoms with Gasteiger partial charge in [0.25, 0.3) is 0 Å². The quantitative estimate of drug-likeness (QED) is 0.853. The first-order valence-corrected chi connectivity index (χ1v) is 7.96. The van der Waals surface area contributed by atoms with Crippen molar-refractivity contribution in [3.63, 3.8) is 0 Å². The maximum atomic E-state index is 11.4. The van der Waals surface area contributed by atoms with Crippen molar-refractivity contribution in [1.82, 2.24) is 9.97 Å². The molecule has 1 aromatic rings. The normalized spacial score (nSPS) is 11.8. The van der Waals surface area contributed by atoms with Crippen LogP contribution in [0.5, 0.6) is 0 Å². The molecule has 0 bridgehead atoms. The SMILES string of the molecule is CCS(=O)(=O)CCNc1cc(C)nc(C(C)C)n1. The third kappa shape index (κ3) is 4.60. The molecular weight excluding hydrogens is 250 g/mol. The molecule has 0 radical (unpaired) electrons. The van der Waals surface area contributed by atoms with Crippen molar-refractivity contribution in [2.24, 2.45) is 0 Å². The summed E-state index contributed by atoms with van der Waals surface area (Å²) in [5, 5.41) is 3.04. The largest absolute Gasteiger partial charge is 0.369 e. The minimum atomic E-state index is -2.93. The van der Waals surface area contributed by atoms with Gasteiger partial charge in [-0.1, -0.05) is 20.8 Å². The van der Waals surface area contributed by atoms with Crippen LogP contribution in [-0.4, -0.2) is 36.4 Å². The van der Waals surface area contributed by atoms with E-state index in [1.54, 1.807) is 6.92 Å². The molecule has 18 heavy (non-hydrogen) atoms. The minimum Gasteiger partial charge on any atom is -0.369 e. The number of rotatable bonds is 6. The second-order valence-electron chi connectivity index (χ2n) is 4.57. The molecule has 0 aliphatic carbocycles. The first-order valence-electron chi connectivity index (χ1n) is 6.14. The van der Waals surface area contributed by atoms with Gasteiger partial charge in [-0.05, 0) is 6.92 Å². The highest BCUT2D eigenvalue weighted by molar-refractivity contribution is 7.91. The standard InChI is InChI=1S/C12H21N3O2S/c1-5-18(16,17)7-6-13-11-8-10(4)14-12(15-11)9(2)3/h8-9H,5-7H2,1-4H3,(H,13,14,15). The Morgan fingerprint density at radius 2 is 2.00 bits per heavy atom. The maximum Gasteiger partial charge on any atom is 0.151 e. The van der Waals surface area contributed by atoms with Gasteiger partial charge in [-0.15, -0.1) is 0 Å². The van der Waals surface area contributed by atoms with Gasteiger partial charge in [-0.3, -0.25) is 0 Å². The Balaban J connectivity index is 2.68. The Labute approximate surface area is 109 Å². The van der Waals surface area contributed by atoms with E-state index in [4.69, 9.17) is 0 Å². The highest BCUT2D eigenvalue weighted by Gasteiger charge is 2.08.